The second-order valence-corrected chi connectivity index (χ2v) is 7.55. The summed E-state index contributed by atoms with van der Waals surface area (Å²) < 4.78 is 5.92. The van der Waals surface area contributed by atoms with Crippen LogP contribution in [0.3, 0.4) is 0 Å². The third kappa shape index (κ3) is 4.51. The molecule has 2 aromatic rings. The maximum atomic E-state index is 12.5. The molecular weight excluding hydrogens is 394 g/mol. The minimum absolute atomic E-state index is 0.00923. The second-order valence-electron chi connectivity index (χ2n) is 7.11. The summed E-state index contributed by atoms with van der Waals surface area (Å²) >= 11 is 5.87. The number of rotatable bonds is 3. The van der Waals surface area contributed by atoms with Gasteiger partial charge in [-0.15, -0.1) is 0 Å². The number of carbonyl (C=O) groups is 3. The molecule has 7 nitrogen and oxygen atoms in total. The fourth-order valence-electron chi connectivity index (χ4n) is 3.52. The standard InChI is InChI=1S/C21H20ClN3O4/c22-14-1-4-16(5-2-14)29-17-7-9-25(10-8-17)21(28)20(27)23-15-3-6-18-13(11-15)12-19(26)24-18/h1-6,11,17H,7-10,12H2,(H,23,27)(H,24,26). The molecule has 150 valence electrons. The predicted molar refractivity (Wildman–Crippen MR) is 109 cm³/mol. The molecule has 2 N–H and O–H groups in total. The van der Waals surface area contributed by atoms with E-state index in [1.807, 2.05) is 12.1 Å². The number of likely N-dealkylation sites (tertiary alicyclic amines) is 1. The third-order valence-corrected chi connectivity index (χ3v) is 5.28. The third-order valence-electron chi connectivity index (χ3n) is 5.03. The Bertz CT molecular complexity index is 953. The Kier molecular flexibility index (Phi) is 5.40. The van der Waals surface area contributed by atoms with Crippen molar-refractivity contribution in [2.45, 2.75) is 25.4 Å². The number of amides is 3. The summed E-state index contributed by atoms with van der Waals surface area (Å²) in [5.74, 6) is -0.589. The molecule has 3 amide bonds. The molecule has 8 heteroatoms. The van der Waals surface area contributed by atoms with Crippen LogP contribution in [0.1, 0.15) is 18.4 Å². The Hall–Kier alpha value is -3.06. The number of hydrogen-bond donors (Lipinski definition) is 2. The molecule has 0 unspecified atom stereocenters. The zero-order valence-electron chi connectivity index (χ0n) is 15.6. The average molecular weight is 414 g/mol. The van der Waals surface area contributed by atoms with Crippen LogP contribution in [-0.4, -0.2) is 41.8 Å². The number of carbonyl (C=O) groups excluding carboxylic acids is 3. The molecule has 0 bridgehead atoms. The van der Waals surface area contributed by atoms with Gasteiger partial charge in [0.2, 0.25) is 5.91 Å². The van der Waals surface area contributed by atoms with Crippen LogP contribution < -0.4 is 15.4 Å². The summed E-state index contributed by atoms with van der Waals surface area (Å²) in [6, 6.07) is 12.3. The first-order valence-corrected chi connectivity index (χ1v) is 9.81. The van der Waals surface area contributed by atoms with Crippen molar-refractivity contribution in [1.82, 2.24) is 4.90 Å². The highest BCUT2D eigenvalue weighted by molar-refractivity contribution is 6.39. The second kappa shape index (κ2) is 8.13. The van der Waals surface area contributed by atoms with E-state index in [4.69, 9.17) is 16.3 Å². The van der Waals surface area contributed by atoms with E-state index in [2.05, 4.69) is 10.6 Å². The van der Waals surface area contributed by atoms with Gasteiger partial charge >= 0.3 is 11.8 Å². The maximum absolute atomic E-state index is 12.5. The van der Waals surface area contributed by atoms with Gasteiger partial charge in [0.05, 0.1) is 6.42 Å². The van der Waals surface area contributed by atoms with Crippen molar-refractivity contribution in [2.75, 3.05) is 23.7 Å². The smallest absolute Gasteiger partial charge is 0.313 e. The van der Waals surface area contributed by atoms with Crippen LogP contribution in [0, 0.1) is 0 Å². The van der Waals surface area contributed by atoms with Crippen LogP contribution in [0.15, 0.2) is 42.5 Å². The van der Waals surface area contributed by atoms with E-state index < -0.39 is 11.8 Å². The first-order chi connectivity index (χ1) is 14.0. The van der Waals surface area contributed by atoms with Gasteiger partial charge < -0.3 is 20.3 Å². The summed E-state index contributed by atoms with van der Waals surface area (Å²) in [6.07, 6.45) is 1.56. The van der Waals surface area contributed by atoms with E-state index in [1.54, 1.807) is 30.3 Å². The molecule has 2 aromatic carbocycles. The minimum Gasteiger partial charge on any atom is -0.490 e. The summed E-state index contributed by atoms with van der Waals surface area (Å²) in [6.45, 7) is 0.903. The molecule has 29 heavy (non-hydrogen) atoms. The van der Waals surface area contributed by atoms with Gasteiger partial charge in [-0.05, 0) is 48.0 Å². The van der Waals surface area contributed by atoms with Crippen LogP contribution in [0.25, 0.3) is 0 Å². The monoisotopic (exact) mass is 413 g/mol. The van der Waals surface area contributed by atoms with Gasteiger partial charge in [0.15, 0.2) is 0 Å². The van der Waals surface area contributed by atoms with Gasteiger partial charge in [-0.3, -0.25) is 14.4 Å². The highest BCUT2D eigenvalue weighted by Gasteiger charge is 2.28. The number of hydrogen-bond acceptors (Lipinski definition) is 4. The van der Waals surface area contributed by atoms with Gasteiger partial charge in [-0.1, -0.05) is 11.6 Å². The van der Waals surface area contributed by atoms with Crippen molar-refractivity contribution < 1.29 is 19.1 Å². The van der Waals surface area contributed by atoms with Gasteiger partial charge in [0.1, 0.15) is 11.9 Å². The van der Waals surface area contributed by atoms with Crippen molar-refractivity contribution in [3.05, 3.63) is 53.1 Å². The number of piperidine rings is 1. The van der Waals surface area contributed by atoms with Crippen LogP contribution in [0.4, 0.5) is 11.4 Å². The zero-order valence-corrected chi connectivity index (χ0v) is 16.4. The lowest BCUT2D eigenvalue weighted by Crippen LogP contribution is -2.46. The lowest BCUT2D eigenvalue weighted by atomic mass is 10.1. The van der Waals surface area contributed by atoms with E-state index in [9.17, 15) is 14.4 Å². The van der Waals surface area contributed by atoms with Crippen molar-refractivity contribution in [3.8, 4) is 5.75 Å². The molecule has 0 atom stereocenters. The molecule has 2 aliphatic rings. The zero-order chi connectivity index (χ0) is 20.4. The fraction of sp³-hybridized carbons (Fsp3) is 0.286. The number of halogens is 1. The predicted octanol–water partition coefficient (Wildman–Crippen LogP) is 2.84. The first kappa shape index (κ1) is 19.3. The number of nitrogens with one attached hydrogen (secondary N) is 2. The van der Waals surface area contributed by atoms with E-state index in [0.717, 1.165) is 17.0 Å². The van der Waals surface area contributed by atoms with E-state index in [-0.39, 0.29) is 18.4 Å². The molecule has 0 radical (unpaired) electrons. The lowest BCUT2D eigenvalue weighted by Gasteiger charge is -2.31. The number of benzene rings is 2. The highest BCUT2D eigenvalue weighted by Crippen LogP contribution is 2.26. The number of nitrogens with zero attached hydrogens (tertiary/aromatic N) is 1. The topological polar surface area (TPSA) is 87.7 Å². The summed E-state index contributed by atoms with van der Waals surface area (Å²) in [5.41, 5.74) is 2.04. The van der Waals surface area contributed by atoms with Gasteiger partial charge in [-0.25, -0.2) is 0 Å². The minimum atomic E-state index is -0.681. The molecular formula is C21H20ClN3O4. The van der Waals surface area contributed by atoms with Gasteiger partial charge in [0, 0.05) is 42.3 Å². The van der Waals surface area contributed by atoms with Crippen molar-refractivity contribution in [3.63, 3.8) is 0 Å². The molecule has 2 heterocycles. The van der Waals surface area contributed by atoms with Gasteiger partial charge in [0.25, 0.3) is 0 Å². The Morgan fingerprint density at radius 2 is 1.83 bits per heavy atom. The van der Waals surface area contributed by atoms with E-state index >= 15 is 0 Å². The lowest BCUT2D eigenvalue weighted by molar-refractivity contribution is -0.144. The van der Waals surface area contributed by atoms with Crippen molar-refractivity contribution in [2.24, 2.45) is 0 Å². The quantitative estimate of drug-likeness (QED) is 0.757. The molecule has 0 aromatic heterocycles. The summed E-state index contributed by atoms with van der Waals surface area (Å²) in [7, 11) is 0. The average Bonchev–Trinajstić information content (AvgIpc) is 3.09. The number of fused-ring (bicyclic) bond motifs is 1. The molecule has 1 fully saturated rings. The Morgan fingerprint density at radius 3 is 2.55 bits per heavy atom. The normalized spacial score (nSPS) is 16.2. The first-order valence-electron chi connectivity index (χ1n) is 9.43. The summed E-state index contributed by atoms with van der Waals surface area (Å²) in [5, 5.41) is 6.01. The number of ether oxygens (including phenoxy) is 1. The largest absolute Gasteiger partial charge is 0.490 e. The van der Waals surface area contributed by atoms with Crippen LogP contribution in [0.2, 0.25) is 5.02 Å². The number of anilines is 2. The van der Waals surface area contributed by atoms with Gasteiger partial charge in [-0.2, -0.15) is 0 Å². The van der Waals surface area contributed by atoms with E-state index in [1.165, 1.54) is 4.90 Å². The Morgan fingerprint density at radius 1 is 1.10 bits per heavy atom. The van der Waals surface area contributed by atoms with Crippen LogP contribution >= 0.6 is 11.6 Å². The SMILES string of the molecule is O=C1Cc2cc(NC(=O)C(=O)N3CCC(Oc4ccc(Cl)cc4)CC3)ccc2N1. The van der Waals surface area contributed by atoms with Crippen LogP contribution in [0.5, 0.6) is 5.75 Å². The van der Waals surface area contributed by atoms with Crippen LogP contribution in [-0.2, 0) is 20.8 Å². The Balaban J connectivity index is 1.29. The molecule has 0 saturated carbocycles. The van der Waals surface area contributed by atoms with Crippen molar-refractivity contribution in [1.29, 1.82) is 0 Å². The maximum Gasteiger partial charge on any atom is 0.313 e. The summed E-state index contributed by atoms with van der Waals surface area (Å²) in [4.78, 5) is 37.8. The molecule has 0 aliphatic carbocycles. The highest BCUT2D eigenvalue weighted by atomic mass is 35.5. The Labute approximate surface area is 173 Å². The molecule has 1 saturated heterocycles. The molecule has 2 aliphatic heterocycles. The van der Waals surface area contributed by atoms with E-state index in [0.29, 0.717) is 36.6 Å². The molecule has 4 rings (SSSR count). The fourth-order valence-corrected chi connectivity index (χ4v) is 3.64. The molecule has 0 spiro atoms. The van der Waals surface area contributed by atoms with Crippen molar-refractivity contribution >= 4 is 40.7 Å².